The van der Waals surface area contributed by atoms with E-state index in [2.05, 4.69) is 15.2 Å². The molecule has 0 atom stereocenters. The smallest absolute Gasteiger partial charge is 0.335 e. The zero-order valence-electron chi connectivity index (χ0n) is 16.9. The highest BCUT2D eigenvalue weighted by atomic mass is 32.2. The Balaban J connectivity index is 1.75. The number of fused-ring (bicyclic) bond motifs is 1. The summed E-state index contributed by atoms with van der Waals surface area (Å²) in [5, 5.41) is 16.1. The maximum atomic E-state index is 15.0. The average molecular weight is 453 g/mol. The van der Waals surface area contributed by atoms with E-state index in [0.29, 0.717) is 22.3 Å². The molecule has 0 radical (unpaired) electrons. The lowest BCUT2D eigenvalue weighted by Gasteiger charge is -2.08. The van der Waals surface area contributed by atoms with Gasteiger partial charge in [-0.3, -0.25) is 9.89 Å². The van der Waals surface area contributed by atoms with Gasteiger partial charge in [-0.05, 0) is 48.1 Å². The number of hydrogen-bond acceptors (Lipinski definition) is 5. The number of thioether (sulfide) groups is 1. The van der Waals surface area contributed by atoms with E-state index in [1.165, 1.54) is 12.1 Å². The predicted molar refractivity (Wildman–Crippen MR) is 117 cm³/mol. The van der Waals surface area contributed by atoms with Gasteiger partial charge in [0.25, 0.3) is 0 Å². The minimum atomic E-state index is -1.04. The quantitative estimate of drug-likeness (QED) is 0.290. The van der Waals surface area contributed by atoms with Crippen LogP contribution >= 0.6 is 11.8 Å². The number of nitrogens with one attached hydrogen (secondary N) is 1. The van der Waals surface area contributed by atoms with E-state index in [4.69, 9.17) is 5.11 Å². The van der Waals surface area contributed by atoms with Crippen molar-refractivity contribution in [3.8, 4) is 11.1 Å². The monoisotopic (exact) mass is 453 g/mol. The van der Waals surface area contributed by atoms with Gasteiger partial charge in [-0.25, -0.2) is 18.6 Å². The van der Waals surface area contributed by atoms with Crippen LogP contribution in [0.15, 0.2) is 53.6 Å². The maximum absolute atomic E-state index is 15.0. The van der Waals surface area contributed by atoms with Gasteiger partial charge in [-0.1, -0.05) is 19.1 Å². The van der Waals surface area contributed by atoms with Crippen LogP contribution in [-0.2, 0) is 0 Å². The molecule has 6 nitrogen and oxygen atoms in total. The summed E-state index contributed by atoms with van der Waals surface area (Å²) in [6.45, 7) is 1.90. The first-order chi connectivity index (χ1) is 15.4. The topological polar surface area (TPSA) is 95.9 Å². The van der Waals surface area contributed by atoms with Crippen LogP contribution in [0.1, 0.15) is 39.8 Å². The molecule has 4 aromatic rings. The van der Waals surface area contributed by atoms with Gasteiger partial charge in [-0.2, -0.15) is 5.10 Å². The molecule has 32 heavy (non-hydrogen) atoms. The Morgan fingerprint density at radius 3 is 2.53 bits per heavy atom. The van der Waals surface area contributed by atoms with Crippen LogP contribution in [0.5, 0.6) is 0 Å². The second-order valence-electron chi connectivity index (χ2n) is 6.99. The van der Waals surface area contributed by atoms with Crippen molar-refractivity contribution in [1.29, 1.82) is 0 Å². The summed E-state index contributed by atoms with van der Waals surface area (Å²) in [4.78, 5) is 28.2. The molecule has 4 rings (SSSR count). The molecule has 0 saturated carbocycles. The number of aromatic nitrogens is 3. The number of carboxylic acids is 1. The highest BCUT2D eigenvalue weighted by Crippen LogP contribution is 2.30. The molecule has 9 heteroatoms. The number of nitrogens with zero attached hydrogens (tertiary/aromatic N) is 2. The first-order valence-corrected chi connectivity index (χ1v) is 10.7. The highest BCUT2D eigenvalue weighted by Gasteiger charge is 2.23. The number of pyridine rings is 1. The highest BCUT2D eigenvalue weighted by molar-refractivity contribution is 7.99. The van der Waals surface area contributed by atoms with Gasteiger partial charge in [0.05, 0.1) is 21.4 Å². The number of halogens is 2. The minimum absolute atomic E-state index is 0.0356. The first kappa shape index (κ1) is 21.6. The SMILES string of the molecule is CCCSc1c(F)ccc(C(=O)c2[nH]nc3ncc(-c4ccc(C(=O)O)cc4)cc23)c1F. The molecule has 0 fully saturated rings. The number of carboxylic acid groups (broad SMARTS) is 1. The van der Waals surface area contributed by atoms with Crippen LogP contribution in [0.25, 0.3) is 22.2 Å². The van der Waals surface area contributed by atoms with Crippen LogP contribution < -0.4 is 0 Å². The minimum Gasteiger partial charge on any atom is -0.478 e. The van der Waals surface area contributed by atoms with Crippen LogP contribution in [-0.4, -0.2) is 37.8 Å². The summed E-state index contributed by atoms with van der Waals surface area (Å²) in [6, 6.07) is 10.1. The number of ketones is 1. The summed E-state index contributed by atoms with van der Waals surface area (Å²) in [5.41, 5.74) is 1.51. The maximum Gasteiger partial charge on any atom is 0.335 e. The van der Waals surface area contributed by atoms with E-state index >= 15 is 0 Å². The molecule has 2 aromatic heterocycles. The van der Waals surface area contributed by atoms with Crippen molar-refractivity contribution in [2.75, 3.05) is 5.75 Å². The Kier molecular flexibility index (Phi) is 6.00. The molecule has 0 saturated heterocycles. The average Bonchev–Trinajstić information content (AvgIpc) is 3.22. The number of aromatic carboxylic acids is 1. The molecule has 0 unspecified atom stereocenters. The second-order valence-corrected chi connectivity index (χ2v) is 8.10. The van der Waals surface area contributed by atoms with Gasteiger partial charge >= 0.3 is 5.97 Å². The number of H-pyrrole nitrogens is 1. The fraction of sp³-hybridized carbons (Fsp3) is 0.130. The summed E-state index contributed by atoms with van der Waals surface area (Å²) < 4.78 is 29.1. The predicted octanol–water partition coefficient (Wildman–Crippen LogP) is 5.33. The number of aromatic amines is 1. The molecule has 0 aliphatic rings. The van der Waals surface area contributed by atoms with Crippen LogP contribution in [0.4, 0.5) is 8.78 Å². The van der Waals surface area contributed by atoms with Gasteiger partial charge < -0.3 is 5.11 Å². The van der Waals surface area contributed by atoms with Gasteiger partial charge in [0.15, 0.2) is 11.5 Å². The molecule has 0 aliphatic heterocycles. The molecule has 162 valence electrons. The van der Waals surface area contributed by atoms with Crippen molar-refractivity contribution in [3.63, 3.8) is 0 Å². The zero-order chi connectivity index (χ0) is 22.8. The van der Waals surface area contributed by atoms with Crippen molar-refractivity contribution in [1.82, 2.24) is 15.2 Å². The normalized spacial score (nSPS) is 11.1. The molecule has 0 bridgehead atoms. The number of carbonyl (C=O) groups excluding carboxylic acids is 1. The zero-order valence-corrected chi connectivity index (χ0v) is 17.7. The summed E-state index contributed by atoms with van der Waals surface area (Å²) in [6.07, 6.45) is 2.28. The van der Waals surface area contributed by atoms with E-state index in [1.54, 1.807) is 24.4 Å². The lowest BCUT2D eigenvalue weighted by atomic mass is 10.0. The molecular weight excluding hydrogens is 436 g/mol. The Morgan fingerprint density at radius 1 is 1.09 bits per heavy atom. The van der Waals surface area contributed by atoms with E-state index in [0.717, 1.165) is 30.3 Å². The van der Waals surface area contributed by atoms with Gasteiger partial charge in [0.1, 0.15) is 11.5 Å². The Hall–Kier alpha value is -3.59. The second kappa shape index (κ2) is 8.88. The van der Waals surface area contributed by atoms with Crippen molar-refractivity contribution in [2.45, 2.75) is 18.2 Å². The lowest BCUT2D eigenvalue weighted by Crippen LogP contribution is -2.07. The third-order valence-corrected chi connectivity index (χ3v) is 6.12. The van der Waals surface area contributed by atoms with Crippen LogP contribution in [0, 0.1) is 11.6 Å². The third kappa shape index (κ3) is 3.99. The Labute approximate surface area is 185 Å². The molecule has 2 aromatic carbocycles. The Morgan fingerprint density at radius 2 is 1.84 bits per heavy atom. The largest absolute Gasteiger partial charge is 0.478 e. The van der Waals surface area contributed by atoms with Gasteiger partial charge in [-0.15, -0.1) is 11.8 Å². The molecular formula is C23H17F2N3O3S. The molecule has 0 amide bonds. The first-order valence-electron chi connectivity index (χ1n) is 9.74. The van der Waals surface area contributed by atoms with E-state index < -0.39 is 23.4 Å². The van der Waals surface area contributed by atoms with Crippen molar-refractivity contribution < 1.29 is 23.5 Å². The van der Waals surface area contributed by atoms with Crippen molar-refractivity contribution >= 4 is 34.5 Å². The third-order valence-electron chi connectivity index (χ3n) is 4.85. The number of rotatable bonds is 7. The fourth-order valence-electron chi connectivity index (χ4n) is 3.21. The van der Waals surface area contributed by atoms with Crippen LogP contribution in [0.3, 0.4) is 0 Å². The van der Waals surface area contributed by atoms with E-state index in [-0.39, 0.29) is 27.4 Å². The summed E-state index contributed by atoms with van der Waals surface area (Å²) in [5.74, 6) is -2.79. The van der Waals surface area contributed by atoms with E-state index in [1.807, 2.05) is 6.92 Å². The summed E-state index contributed by atoms with van der Waals surface area (Å²) >= 11 is 1.03. The number of benzene rings is 2. The van der Waals surface area contributed by atoms with Crippen LogP contribution in [0.2, 0.25) is 0 Å². The molecule has 2 heterocycles. The summed E-state index contributed by atoms with van der Waals surface area (Å²) in [7, 11) is 0. The molecule has 0 aliphatic carbocycles. The van der Waals surface area contributed by atoms with Gasteiger partial charge in [0, 0.05) is 11.8 Å². The number of hydrogen-bond donors (Lipinski definition) is 2. The fourth-order valence-corrected chi connectivity index (χ4v) is 4.07. The van der Waals surface area contributed by atoms with Gasteiger partial charge in [0.2, 0.25) is 5.78 Å². The van der Waals surface area contributed by atoms with E-state index in [9.17, 15) is 18.4 Å². The lowest BCUT2D eigenvalue weighted by molar-refractivity contribution is 0.0696. The standard InChI is InChI=1S/C23H17F2N3O3S/c1-2-9-32-21-17(24)8-7-15(18(21)25)20(29)19-16-10-14(11-26-22(16)28-27-19)12-3-5-13(6-4-12)23(30)31/h3-8,10-11H,2,9H2,1H3,(H,30,31)(H,26,27,28). The Bertz CT molecular complexity index is 1340. The molecule has 2 N–H and O–H groups in total. The number of carbonyl (C=O) groups is 2. The molecule has 0 spiro atoms. The van der Waals surface area contributed by atoms with Crippen molar-refractivity contribution in [2.24, 2.45) is 0 Å². The van der Waals surface area contributed by atoms with Crippen molar-refractivity contribution in [3.05, 3.63) is 77.1 Å².